The molecule has 3 aromatic heterocycles. The van der Waals surface area contributed by atoms with Gasteiger partial charge in [-0.2, -0.15) is 4.98 Å². The Morgan fingerprint density at radius 3 is 2.53 bits per heavy atom. The maximum Gasteiger partial charge on any atom is 0.355 e. The molecule has 0 bridgehead atoms. The summed E-state index contributed by atoms with van der Waals surface area (Å²) in [5, 5.41) is 4.30. The topological polar surface area (TPSA) is 96.3 Å². The normalized spacial score (nSPS) is 16.7. The summed E-state index contributed by atoms with van der Waals surface area (Å²) in [4.78, 5) is 44.9. The first kappa shape index (κ1) is 31.7. The van der Waals surface area contributed by atoms with Crippen LogP contribution in [0.2, 0.25) is 5.02 Å². The molecular formula is C33H40ClN7O2. The van der Waals surface area contributed by atoms with E-state index < -0.39 is 5.69 Å². The van der Waals surface area contributed by atoms with Gasteiger partial charge in [0, 0.05) is 49.7 Å². The third-order valence-corrected chi connectivity index (χ3v) is 8.18. The minimum atomic E-state index is -0.456. The van der Waals surface area contributed by atoms with Gasteiger partial charge in [-0.1, -0.05) is 57.7 Å². The number of aryl methyl sites for hydroxylation is 1. The quantitative estimate of drug-likeness (QED) is 0.262. The van der Waals surface area contributed by atoms with Crippen molar-refractivity contribution in [1.29, 1.82) is 0 Å². The van der Waals surface area contributed by atoms with Gasteiger partial charge in [-0.3, -0.25) is 9.78 Å². The fraction of sp³-hybridized carbons (Fsp3) is 0.364. The van der Waals surface area contributed by atoms with Crippen molar-refractivity contribution in [2.24, 2.45) is 0 Å². The van der Waals surface area contributed by atoms with Crippen molar-refractivity contribution < 1.29 is 4.79 Å². The Hall–Kier alpha value is -4.24. The average molecular weight is 602 g/mol. The lowest BCUT2D eigenvalue weighted by Crippen LogP contribution is -2.58. The second-order valence-electron chi connectivity index (χ2n) is 11.1. The number of hydrogen-bond acceptors (Lipinski definition) is 7. The molecule has 2 atom stereocenters. The second-order valence-corrected chi connectivity index (χ2v) is 11.5. The van der Waals surface area contributed by atoms with Gasteiger partial charge in [0.15, 0.2) is 5.65 Å². The Kier molecular flexibility index (Phi) is 9.25. The lowest BCUT2D eigenvalue weighted by Gasteiger charge is -2.44. The number of anilines is 2. The van der Waals surface area contributed by atoms with Crippen molar-refractivity contribution >= 4 is 40.0 Å². The van der Waals surface area contributed by atoms with E-state index in [1.54, 1.807) is 15.7 Å². The zero-order valence-electron chi connectivity index (χ0n) is 24.8. The summed E-state index contributed by atoms with van der Waals surface area (Å²) in [5.74, 6) is 0.425. The summed E-state index contributed by atoms with van der Waals surface area (Å²) in [6, 6.07) is 11.3. The van der Waals surface area contributed by atoms with Crippen LogP contribution < -0.4 is 15.9 Å². The number of nitrogens with zero attached hydrogens (tertiary/aromatic N) is 6. The number of carbonyl (C=O) groups excluding carboxylic acids is 1. The minimum absolute atomic E-state index is 0. The number of halogens is 1. The maximum atomic E-state index is 14.1. The molecule has 1 amide bonds. The highest BCUT2D eigenvalue weighted by molar-refractivity contribution is 6.34. The molecule has 0 spiro atoms. The number of pyridine rings is 2. The molecule has 1 N–H and O–H groups in total. The van der Waals surface area contributed by atoms with Crippen LogP contribution >= 0.6 is 11.6 Å². The fourth-order valence-electron chi connectivity index (χ4n) is 5.75. The Morgan fingerprint density at radius 1 is 1.14 bits per heavy atom. The van der Waals surface area contributed by atoms with Crippen molar-refractivity contribution in [2.45, 2.75) is 60.0 Å². The van der Waals surface area contributed by atoms with Crippen LogP contribution in [-0.4, -0.2) is 62.5 Å². The predicted octanol–water partition coefficient (Wildman–Crippen LogP) is 6.22. The maximum absolute atomic E-state index is 14.1. The van der Waals surface area contributed by atoms with Crippen LogP contribution in [0.3, 0.4) is 0 Å². The van der Waals surface area contributed by atoms with Gasteiger partial charge < -0.3 is 15.1 Å². The molecule has 0 unspecified atom stereocenters. The number of rotatable bonds is 6. The van der Waals surface area contributed by atoms with E-state index in [9.17, 15) is 9.59 Å². The van der Waals surface area contributed by atoms with Gasteiger partial charge in [-0.15, -0.1) is 0 Å². The molecule has 226 valence electrons. The molecule has 4 aromatic rings. The average Bonchev–Trinajstić information content (AvgIpc) is 2.97. The van der Waals surface area contributed by atoms with Gasteiger partial charge in [0.25, 0.3) is 0 Å². The molecule has 1 fully saturated rings. The number of fused-ring (bicyclic) bond motifs is 1. The number of amides is 1. The molecule has 0 aliphatic carbocycles. The molecule has 5 rings (SSSR count). The SMILES string of the molecule is C.C=CC(=O)N1C[C@H](C)N(c2nc(=O)n(-c3c(C)ccnc3C(C)C)c3nc(-c4ccccc4NC)c(Cl)cc23)C[C@H]1C. The lowest BCUT2D eigenvalue weighted by molar-refractivity contribution is -0.128. The highest BCUT2D eigenvalue weighted by atomic mass is 35.5. The first-order valence-corrected chi connectivity index (χ1v) is 14.5. The first-order valence-electron chi connectivity index (χ1n) is 14.1. The van der Waals surface area contributed by atoms with Crippen LogP contribution in [0.4, 0.5) is 11.5 Å². The summed E-state index contributed by atoms with van der Waals surface area (Å²) >= 11 is 6.98. The van der Waals surface area contributed by atoms with Crippen LogP contribution in [0.25, 0.3) is 28.0 Å². The summed E-state index contributed by atoms with van der Waals surface area (Å²) < 4.78 is 1.57. The van der Waals surface area contributed by atoms with Crippen molar-refractivity contribution in [2.75, 3.05) is 30.4 Å². The highest BCUT2D eigenvalue weighted by Crippen LogP contribution is 2.37. The Labute approximate surface area is 258 Å². The zero-order chi connectivity index (χ0) is 30.3. The molecule has 9 nitrogen and oxygen atoms in total. The van der Waals surface area contributed by atoms with Crippen molar-refractivity contribution in [3.8, 4) is 16.9 Å². The zero-order valence-corrected chi connectivity index (χ0v) is 25.6. The van der Waals surface area contributed by atoms with Gasteiger partial charge in [0.1, 0.15) is 5.82 Å². The summed E-state index contributed by atoms with van der Waals surface area (Å²) in [7, 11) is 1.85. The Morgan fingerprint density at radius 2 is 1.86 bits per heavy atom. The molecule has 0 saturated carbocycles. The third kappa shape index (κ3) is 5.61. The van der Waals surface area contributed by atoms with E-state index in [1.807, 2.05) is 78.1 Å². The first-order chi connectivity index (χ1) is 20.1. The third-order valence-electron chi connectivity index (χ3n) is 7.89. The smallest absolute Gasteiger partial charge is 0.355 e. The standard InChI is InChI=1S/C32H36ClN7O2.CH4/c1-8-26(41)38-16-21(6)39(17-20(38)5)30-23-15-24(33)28(22-11-9-10-12-25(22)34-7)36-31(23)40(32(42)37-30)29-19(4)13-14-35-27(29)18(2)3;/h8-15,18,20-21,34H,1,16-17H2,2-7H3;1H4/t20-,21+;/m1./s1. The largest absolute Gasteiger partial charge is 0.388 e. The molecule has 4 heterocycles. The van der Waals surface area contributed by atoms with Crippen molar-refractivity contribution in [1.82, 2.24) is 24.4 Å². The number of carbonyl (C=O) groups is 1. The fourth-order valence-corrected chi connectivity index (χ4v) is 6.01. The van der Waals surface area contributed by atoms with Crippen LogP contribution in [0.1, 0.15) is 52.3 Å². The van der Waals surface area contributed by atoms with E-state index >= 15 is 0 Å². The molecule has 0 radical (unpaired) electrons. The van der Waals surface area contributed by atoms with Gasteiger partial charge in [-0.25, -0.2) is 14.3 Å². The number of benzene rings is 1. The number of aromatic nitrogens is 4. The van der Waals surface area contributed by atoms with E-state index in [1.165, 1.54) is 6.08 Å². The van der Waals surface area contributed by atoms with Gasteiger partial charge in [-0.05, 0) is 56.5 Å². The van der Waals surface area contributed by atoms with Crippen molar-refractivity contribution in [3.05, 3.63) is 82.0 Å². The monoisotopic (exact) mass is 601 g/mol. The molecule has 43 heavy (non-hydrogen) atoms. The predicted molar refractivity (Wildman–Crippen MR) is 177 cm³/mol. The number of nitrogens with one attached hydrogen (secondary N) is 1. The minimum Gasteiger partial charge on any atom is -0.388 e. The molecular weight excluding hydrogens is 562 g/mol. The molecule has 1 aliphatic rings. The van der Waals surface area contributed by atoms with Gasteiger partial charge in [0.2, 0.25) is 5.91 Å². The summed E-state index contributed by atoms with van der Waals surface area (Å²) in [6.45, 7) is 14.7. The molecule has 1 aliphatic heterocycles. The van der Waals surface area contributed by atoms with Crippen LogP contribution in [0.5, 0.6) is 0 Å². The molecule has 10 heteroatoms. The van der Waals surface area contributed by atoms with E-state index in [0.29, 0.717) is 46.3 Å². The van der Waals surface area contributed by atoms with Crippen LogP contribution in [-0.2, 0) is 4.79 Å². The number of piperazine rings is 1. The van der Waals surface area contributed by atoms with Gasteiger partial charge >= 0.3 is 5.69 Å². The number of hydrogen-bond donors (Lipinski definition) is 1. The second kappa shape index (κ2) is 12.6. The van der Waals surface area contributed by atoms with E-state index in [-0.39, 0.29) is 31.3 Å². The summed E-state index contributed by atoms with van der Waals surface area (Å²) in [6.07, 6.45) is 3.10. The number of para-hydroxylation sites is 1. The molecule has 1 aromatic carbocycles. The van der Waals surface area contributed by atoms with E-state index in [2.05, 4.69) is 26.8 Å². The lowest BCUT2D eigenvalue weighted by atomic mass is 10.0. The Balaban J connectivity index is 0.00000423. The van der Waals surface area contributed by atoms with Gasteiger partial charge in [0.05, 0.1) is 27.5 Å². The van der Waals surface area contributed by atoms with Crippen molar-refractivity contribution in [3.63, 3.8) is 0 Å². The van der Waals surface area contributed by atoms with E-state index in [4.69, 9.17) is 16.6 Å². The summed E-state index contributed by atoms with van der Waals surface area (Å²) in [5.41, 5.74) is 4.55. The highest BCUT2D eigenvalue weighted by Gasteiger charge is 2.34. The Bertz CT molecular complexity index is 1750. The van der Waals surface area contributed by atoms with Crippen LogP contribution in [0.15, 0.2) is 60.0 Å². The van der Waals surface area contributed by atoms with Crippen LogP contribution in [0, 0.1) is 6.92 Å². The van der Waals surface area contributed by atoms with E-state index in [0.717, 1.165) is 22.5 Å². The molecule has 1 saturated heterocycles.